The number of nitrogens with one attached hydrogen (secondary N) is 1. The molecule has 0 aliphatic rings. The third-order valence-corrected chi connectivity index (χ3v) is 1.82. The minimum absolute atomic E-state index is 0.230. The number of carbonyl (C=O) groups excluding carboxylic acids is 1. The van der Waals surface area contributed by atoms with Gasteiger partial charge in [-0.2, -0.15) is 18.4 Å². The molecular weight excluding hydrogens is 233 g/mol. The van der Waals surface area contributed by atoms with Gasteiger partial charge in [0.1, 0.15) is 0 Å². The minimum Gasteiger partial charge on any atom is -0.269 e. The molecule has 0 spiro atoms. The van der Waals surface area contributed by atoms with Crippen LogP contribution in [0.1, 0.15) is 11.1 Å². The normalized spacial score (nSPS) is 11.2. The molecule has 0 unspecified atom stereocenters. The number of alkyl halides is 3. The van der Waals surface area contributed by atoms with Gasteiger partial charge in [0.15, 0.2) is 6.19 Å². The first-order valence-electron chi connectivity index (χ1n) is 4.48. The monoisotopic (exact) mass is 240 g/mol. The lowest BCUT2D eigenvalue weighted by Crippen LogP contribution is -2.13. The lowest BCUT2D eigenvalue weighted by Gasteiger charge is -2.06. The summed E-state index contributed by atoms with van der Waals surface area (Å²) in [6.07, 6.45) is -0.828. The summed E-state index contributed by atoms with van der Waals surface area (Å²) < 4.78 is 37.0. The second kappa shape index (κ2) is 5.16. The second-order valence-corrected chi connectivity index (χ2v) is 3.06. The minimum atomic E-state index is -4.42. The molecule has 0 bridgehead atoms. The van der Waals surface area contributed by atoms with Gasteiger partial charge in [0.25, 0.3) is 5.91 Å². The summed E-state index contributed by atoms with van der Waals surface area (Å²) in [5, 5.41) is 9.94. The zero-order valence-corrected chi connectivity index (χ0v) is 8.45. The molecule has 0 heterocycles. The Labute approximate surface area is 95.2 Å². The van der Waals surface area contributed by atoms with Gasteiger partial charge in [0.05, 0.1) is 5.56 Å². The maximum atomic E-state index is 12.3. The van der Waals surface area contributed by atoms with Gasteiger partial charge in [-0.25, -0.2) is 0 Å². The van der Waals surface area contributed by atoms with Gasteiger partial charge in [-0.3, -0.25) is 10.1 Å². The third-order valence-electron chi connectivity index (χ3n) is 1.82. The number of nitrogens with zero attached hydrogens (tertiary/aromatic N) is 1. The summed E-state index contributed by atoms with van der Waals surface area (Å²) in [6.45, 7) is 0. The van der Waals surface area contributed by atoms with Crippen LogP contribution in [0.5, 0.6) is 0 Å². The van der Waals surface area contributed by atoms with Crippen LogP contribution in [-0.2, 0) is 11.0 Å². The lowest BCUT2D eigenvalue weighted by atomic mass is 10.1. The van der Waals surface area contributed by atoms with Gasteiger partial charge in [-0.1, -0.05) is 12.1 Å². The number of amides is 1. The van der Waals surface area contributed by atoms with Gasteiger partial charge in [0.2, 0.25) is 0 Å². The molecule has 1 aromatic carbocycles. The van der Waals surface area contributed by atoms with E-state index >= 15 is 0 Å². The van der Waals surface area contributed by atoms with Crippen molar-refractivity contribution in [1.82, 2.24) is 5.32 Å². The van der Waals surface area contributed by atoms with Gasteiger partial charge in [-0.15, -0.1) is 0 Å². The predicted molar refractivity (Wildman–Crippen MR) is 54.2 cm³/mol. The van der Waals surface area contributed by atoms with Gasteiger partial charge in [0, 0.05) is 6.08 Å². The summed E-state index contributed by atoms with van der Waals surface area (Å²) in [7, 11) is 0. The molecule has 6 heteroatoms. The molecule has 0 aliphatic carbocycles. The van der Waals surface area contributed by atoms with E-state index in [2.05, 4.69) is 0 Å². The fourth-order valence-electron chi connectivity index (χ4n) is 1.09. The van der Waals surface area contributed by atoms with Crippen LogP contribution in [0.4, 0.5) is 13.2 Å². The maximum absolute atomic E-state index is 12.3. The molecule has 17 heavy (non-hydrogen) atoms. The topological polar surface area (TPSA) is 52.9 Å². The summed E-state index contributed by atoms with van der Waals surface area (Å²) >= 11 is 0. The number of nitriles is 1. The molecule has 0 atom stereocenters. The first-order chi connectivity index (χ1) is 7.93. The van der Waals surface area contributed by atoms with E-state index in [1.54, 1.807) is 0 Å². The Kier molecular flexibility index (Phi) is 3.88. The predicted octanol–water partition coefficient (Wildman–Crippen LogP) is 2.32. The summed E-state index contributed by atoms with van der Waals surface area (Å²) in [5.41, 5.74) is -0.562. The van der Waals surface area contributed by atoms with Crippen LogP contribution < -0.4 is 5.32 Å². The molecule has 0 aromatic heterocycles. The Bertz CT molecular complexity index is 486. The Morgan fingerprint density at radius 2 is 2.12 bits per heavy atom. The first kappa shape index (κ1) is 12.8. The molecule has 0 saturated carbocycles. The molecule has 0 fully saturated rings. The fourth-order valence-corrected chi connectivity index (χ4v) is 1.09. The van der Waals surface area contributed by atoms with E-state index in [0.29, 0.717) is 0 Å². The summed E-state index contributed by atoms with van der Waals surface area (Å²) in [6, 6.07) is 4.51. The molecule has 0 radical (unpaired) electrons. The number of benzene rings is 1. The van der Waals surface area contributed by atoms with Crippen molar-refractivity contribution in [2.75, 3.05) is 0 Å². The van der Waals surface area contributed by atoms with Crippen LogP contribution >= 0.6 is 0 Å². The Morgan fingerprint density at radius 1 is 1.41 bits per heavy atom. The second-order valence-electron chi connectivity index (χ2n) is 3.06. The number of rotatable bonds is 2. The van der Waals surface area contributed by atoms with Crippen molar-refractivity contribution >= 4 is 12.0 Å². The van der Waals surface area contributed by atoms with Gasteiger partial charge >= 0.3 is 6.18 Å². The smallest absolute Gasteiger partial charge is 0.269 e. The van der Waals surface area contributed by atoms with E-state index in [4.69, 9.17) is 5.26 Å². The molecule has 0 saturated heterocycles. The quantitative estimate of drug-likeness (QED) is 0.490. The highest BCUT2D eigenvalue weighted by Gasteiger charge is 2.30. The van der Waals surface area contributed by atoms with Crippen LogP contribution in [0.25, 0.3) is 6.08 Å². The fraction of sp³-hybridized carbons (Fsp3) is 0.0909. The Morgan fingerprint density at radius 3 is 2.71 bits per heavy atom. The van der Waals surface area contributed by atoms with Crippen LogP contribution in [0, 0.1) is 11.5 Å². The van der Waals surface area contributed by atoms with Crippen LogP contribution in [0.2, 0.25) is 0 Å². The van der Waals surface area contributed by atoms with E-state index in [9.17, 15) is 18.0 Å². The molecule has 1 amide bonds. The van der Waals surface area contributed by atoms with Crippen LogP contribution in [0.3, 0.4) is 0 Å². The first-order valence-corrected chi connectivity index (χ1v) is 4.48. The highest BCUT2D eigenvalue weighted by molar-refractivity contribution is 5.92. The van der Waals surface area contributed by atoms with E-state index in [1.807, 2.05) is 5.32 Å². The number of halogens is 3. The average Bonchev–Trinajstić information content (AvgIpc) is 2.26. The van der Waals surface area contributed by atoms with Crippen molar-refractivity contribution in [3.63, 3.8) is 0 Å². The number of hydrogen-bond acceptors (Lipinski definition) is 2. The van der Waals surface area contributed by atoms with Crippen molar-refractivity contribution in [2.24, 2.45) is 0 Å². The standard InChI is InChI=1S/C11H7F3N2O/c12-11(13,14)9-3-1-2-8(6-9)4-5-10(17)16-7-15/h1-6H,(H,16,17)/b5-4-. The van der Waals surface area contributed by atoms with Crippen molar-refractivity contribution in [3.05, 3.63) is 41.5 Å². The summed E-state index contributed by atoms with van der Waals surface area (Å²) in [4.78, 5) is 10.9. The van der Waals surface area contributed by atoms with Gasteiger partial charge in [-0.05, 0) is 23.8 Å². The van der Waals surface area contributed by atoms with E-state index in [1.165, 1.54) is 24.4 Å². The number of hydrogen-bond donors (Lipinski definition) is 1. The highest BCUT2D eigenvalue weighted by atomic mass is 19.4. The molecule has 1 aromatic rings. The van der Waals surface area contributed by atoms with Crippen molar-refractivity contribution in [3.8, 4) is 6.19 Å². The maximum Gasteiger partial charge on any atom is 0.416 e. The SMILES string of the molecule is N#CNC(=O)/C=C\c1cccc(C(F)(F)F)c1. The summed E-state index contributed by atoms with van der Waals surface area (Å²) in [5.74, 6) is -0.690. The zero-order valence-electron chi connectivity index (χ0n) is 8.45. The molecule has 1 N–H and O–H groups in total. The van der Waals surface area contributed by atoms with Crippen LogP contribution in [0.15, 0.2) is 30.3 Å². The number of carbonyl (C=O) groups is 1. The Hall–Kier alpha value is -2.29. The molecule has 88 valence electrons. The average molecular weight is 240 g/mol. The third kappa shape index (κ3) is 3.99. The van der Waals surface area contributed by atoms with Crippen molar-refractivity contribution < 1.29 is 18.0 Å². The Balaban J connectivity index is 2.87. The molecule has 0 aliphatic heterocycles. The van der Waals surface area contributed by atoms with E-state index in [-0.39, 0.29) is 5.56 Å². The lowest BCUT2D eigenvalue weighted by molar-refractivity contribution is -0.137. The van der Waals surface area contributed by atoms with Crippen LogP contribution in [-0.4, -0.2) is 5.91 Å². The van der Waals surface area contributed by atoms with Gasteiger partial charge < -0.3 is 0 Å². The zero-order chi connectivity index (χ0) is 12.9. The van der Waals surface area contributed by atoms with E-state index < -0.39 is 17.6 Å². The van der Waals surface area contributed by atoms with E-state index in [0.717, 1.165) is 18.2 Å². The van der Waals surface area contributed by atoms with Crippen molar-refractivity contribution in [2.45, 2.75) is 6.18 Å². The highest BCUT2D eigenvalue weighted by Crippen LogP contribution is 2.29. The molecular formula is C11H7F3N2O. The largest absolute Gasteiger partial charge is 0.416 e. The molecule has 3 nitrogen and oxygen atoms in total. The molecule has 1 rings (SSSR count). The van der Waals surface area contributed by atoms with Crippen molar-refractivity contribution in [1.29, 1.82) is 5.26 Å².